The summed E-state index contributed by atoms with van der Waals surface area (Å²) >= 11 is 0. The number of aromatic nitrogens is 4. The second kappa shape index (κ2) is 17.8. The van der Waals surface area contributed by atoms with Gasteiger partial charge in [-0.15, -0.1) is 0 Å². The summed E-state index contributed by atoms with van der Waals surface area (Å²) in [7, 11) is 2.19. The number of aliphatic hydroxyl groups is 1. The van der Waals surface area contributed by atoms with E-state index in [1.165, 1.54) is 36.4 Å². The van der Waals surface area contributed by atoms with Crippen LogP contribution in [0.2, 0.25) is 0 Å². The van der Waals surface area contributed by atoms with E-state index in [0.717, 1.165) is 43.0 Å². The first-order valence-electron chi connectivity index (χ1n) is 13.4. The Bertz CT molecular complexity index is 1110. The van der Waals surface area contributed by atoms with E-state index in [4.69, 9.17) is 19.6 Å². The van der Waals surface area contributed by atoms with E-state index in [2.05, 4.69) is 56.9 Å². The van der Waals surface area contributed by atoms with Crippen LogP contribution >= 0.6 is 0 Å². The Balaban J connectivity index is 0.000000379. The predicted molar refractivity (Wildman–Crippen MR) is 160 cm³/mol. The summed E-state index contributed by atoms with van der Waals surface area (Å²) in [4.78, 5) is 30.8. The van der Waals surface area contributed by atoms with Crippen molar-refractivity contribution < 1.29 is 14.6 Å². The third-order valence-corrected chi connectivity index (χ3v) is 6.09. The Kier molecular flexibility index (Phi) is 15.3. The second-order valence-corrected chi connectivity index (χ2v) is 8.58. The number of carbonyl (C=O) groups is 1. The van der Waals surface area contributed by atoms with Gasteiger partial charge in [0.2, 0.25) is 5.88 Å². The smallest absolute Gasteiger partial charge is 0.232 e. The zero-order valence-corrected chi connectivity index (χ0v) is 23.6. The first-order chi connectivity index (χ1) is 18.5. The number of ether oxygens (including phenoxy) is 1. The standard InChI is InChI=1S/C18H22N4.C7H10N2O2.C2H4O.C2H6.CH4/c1-4-13-10-16-18(21(3)15-6-8-22(16)11-15)20-17(13)14-5-7-19-12(2)9-14;10-4-1-5-11-7-6-8-2-3-9-7;1-2-3;1-2;/h5,7,9-10,15H,4,6,8,11H2,1-3H3;2-3,6,10H,1,4-5H2;2H,1H3;1-2H3;1H4. The average molecular weight is 539 g/mol. The van der Waals surface area contributed by atoms with Gasteiger partial charge in [-0.1, -0.05) is 28.2 Å². The SMILES string of the molecule is C.CC.CC=O.CCc1cc2c(nc1-c1ccnc(C)c1)N(C)C1CCN2C1.OCCCOc1cnccn1. The fourth-order valence-corrected chi connectivity index (χ4v) is 4.29. The van der Waals surface area contributed by atoms with Crippen molar-refractivity contribution in [1.29, 1.82) is 0 Å². The van der Waals surface area contributed by atoms with Crippen LogP contribution in [0.25, 0.3) is 11.3 Å². The van der Waals surface area contributed by atoms with Crippen molar-refractivity contribution in [2.24, 2.45) is 0 Å². The van der Waals surface area contributed by atoms with Crippen LogP contribution in [0.3, 0.4) is 0 Å². The molecule has 0 amide bonds. The average Bonchev–Trinajstić information content (AvgIpc) is 3.40. The lowest BCUT2D eigenvalue weighted by Gasteiger charge is -2.35. The number of hydrogen-bond donors (Lipinski definition) is 1. The molecule has 1 unspecified atom stereocenters. The summed E-state index contributed by atoms with van der Waals surface area (Å²) in [6, 6.07) is 7.16. The van der Waals surface area contributed by atoms with Crippen LogP contribution in [0.5, 0.6) is 5.88 Å². The summed E-state index contributed by atoms with van der Waals surface area (Å²) in [5.41, 5.74) is 5.96. The molecule has 1 N–H and O–H groups in total. The van der Waals surface area contributed by atoms with Gasteiger partial charge in [-0.2, -0.15) is 0 Å². The minimum Gasteiger partial charge on any atom is -0.476 e. The number of fused-ring (bicyclic) bond motifs is 4. The largest absolute Gasteiger partial charge is 0.476 e. The fourth-order valence-electron chi connectivity index (χ4n) is 4.29. The third kappa shape index (κ3) is 9.28. The van der Waals surface area contributed by atoms with Crippen LogP contribution in [0.1, 0.15) is 59.2 Å². The molecule has 214 valence electrons. The molecule has 0 saturated carbocycles. The summed E-state index contributed by atoms with van der Waals surface area (Å²) in [5.74, 6) is 1.64. The first-order valence-corrected chi connectivity index (χ1v) is 13.4. The van der Waals surface area contributed by atoms with Crippen LogP contribution in [0.15, 0.2) is 43.0 Å². The zero-order valence-electron chi connectivity index (χ0n) is 23.6. The van der Waals surface area contributed by atoms with E-state index < -0.39 is 0 Å². The molecule has 2 bridgehead atoms. The van der Waals surface area contributed by atoms with Crippen molar-refractivity contribution in [2.45, 2.75) is 67.3 Å². The van der Waals surface area contributed by atoms with Gasteiger partial charge in [-0.3, -0.25) is 9.97 Å². The van der Waals surface area contributed by atoms with Crippen LogP contribution in [0, 0.1) is 6.92 Å². The summed E-state index contributed by atoms with van der Waals surface area (Å²) in [5, 5.41) is 8.43. The fraction of sp³-hybridized carbons (Fsp3) is 0.500. The normalized spacial score (nSPS) is 14.2. The molecule has 2 aliphatic heterocycles. The quantitative estimate of drug-likeness (QED) is 0.337. The molecule has 39 heavy (non-hydrogen) atoms. The lowest BCUT2D eigenvalue weighted by molar-refractivity contribution is -0.106. The molecule has 5 rings (SSSR count). The number of anilines is 2. The molecule has 2 aliphatic rings. The molecule has 3 aromatic heterocycles. The number of likely N-dealkylation sites (N-methyl/N-ethyl adjacent to an activating group) is 1. The molecule has 1 saturated heterocycles. The van der Waals surface area contributed by atoms with Gasteiger partial charge in [-0.25, -0.2) is 9.97 Å². The maximum atomic E-state index is 8.81. The van der Waals surface area contributed by atoms with Crippen molar-refractivity contribution in [3.8, 4) is 17.1 Å². The molecular weight excluding hydrogens is 492 g/mol. The van der Waals surface area contributed by atoms with E-state index in [1.54, 1.807) is 12.4 Å². The van der Waals surface area contributed by atoms with Crippen LogP contribution < -0.4 is 14.5 Å². The molecule has 5 heterocycles. The number of nitrogens with zero attached hydrogens (tertiary/aromatic N) is 6. The van der Waals surface area contributed by atoms with E-state index in [-0.39, 0.29) is 14.0 Å². The van der Waals surface area contributed by atoms with Gasteiger partial charge in [-0.05, 0) is 50.5 Å². The maximum Gasteiger partial charge on any atom is 0.232 e. The molecule has 9 nitrogen and oxygen atoms in total. The van der Waals surface area contributed by atoms with Gasteiger partial charge >= 0.3 is 0 Å². The highest BCUT2D eigenvalue weighted by molar-refractivity contribution is 5.77. The minimum absolute atomic E-state index is 0. The second-order valence-electron chi connectivity index (χ2n) is 8.58. The number of aryl methyl sites for hydroxylation is 2. The predicted octanol–water partition coefficient (Wildman–Crippen LogP) is 5.15. The molecule has 0 spiro atoms. The lowest BCUT2D eigenvalue weighted by atomic mass is 10.0. The molecule has 0 aliphatic carbocycles. The Morgan fingerprint density at radius 2 is 1.92 bits per heavy atom. The highest BCUT2D eigenvalue weighted by Crippen LogP contribution is 2.40. The summed E-state index contributed by atoms with van der Waals surface area (Å²) in [6.07, 6.45) is 10.2. The number of aldehydes is 1. The number of aliphatic hydroxyl groups excluding tert-OH is 1. The van der Waals surface area contributed by atoms with Crippen LogP contribution in [0.4, 0.5) is 11.5 Å². The number of hydrogen-bond acceptors (Lipinski definition) is 9. The van der Waals surface area contributed by atoms with Crippen LogP contribution in [-0.2, 0) is 11.2 Å². The number of pyridine rings is 2. The zero-order chi connectivity index (χ0) is 27.9. The van der Waals surface area contributed by atoms with Gasteiger partial charge in [0.05, 0.1) is 24.2 Å². The van der Waals surface area contributed by atoms with Gasteiger partial charge < -0.3 is 24.4 Å². The van der Waals surface area contributed by atoms with Crippen molar-refractivity contribution in [1.82, 2.24) is 19.9 Å². The molecule has 1 fully saturated rings. The van der Waals surface area contributed by atoms with Crippen molar-refractivity contribution in [3.63, 3.8) is 0 Å². The maximum absolute atomic E-state index is 8.81. The monoisotopic (exact) mass is 538 g/mol. The summed E-state index contributed by atoms with van der Waals surface area (Å²) < 4.78 is 5.11. The van der Waals surface area contributed by atoms with Crippen molar-refractivity contribution in [3.05, 3.63) is 54.2 Å². The summed E-state index contributed by atoms with van der Waals surface area (Å²) in [6.45, 7) is 12.6. The highest BCUT2D eigenvalue weighted by atomic mass is 16.5. The van der Waals surface area contributed by atoms with E-state index >= 15 is 0 Å². The Hall–Kier alpha value is -3.59. The topological polar surface area (TPSA) is 105 Å². The molecule has 1 atom stereocenters. The first kappa shape index (κ1) is 33.4. The van der Waals surface area contributed by atoms with Crippen molar-refractivity contribution >= 4 is 17.8 Å². The van der Waals surface area contributed by atoms with Gasteiger partial charge in [0, 0.05) is 69.1 Å². The number of carbonyl (C=O) groups excluding carboxylic acids is 1. The highest BCUT2D eigenvalue weighted by Gasteiger charge is 2.35. The van der Waals surface area contributed by atoms with E-state index in [1.807, 2.05) is 27.0 Å². The van der Waals surface area contributed by atoms with E-state index in [9.17, 15) is 0 Å². The molecular formula is C30H46N6O3. The van der Waals surface area contributed by atoms with Crippen molar-refractivity contribution in [2.75, 3.05) is 43.2 Å². The van der Waals surface area contributed by atoms with Gasteiger partial charge in [0.25, 0.3) is 0 Å². The van der Waals surface area contributed by atoms with Crippen LogP contribution in [-0.4, -0.2) is 70.7 Å². The molecule has 0 radical (unpaired) electrons. The Labute approximate surface area is 234 Å². The molecule has 3 aromatic rings. The third-order valence-electron chi connectivity index (χ3n) is 6.09. The molecule has 0 aromatic carbocycles. The Morgan fingerprint density at radius 1 is 1.18 bits per heavy atom. The van der Waals surface area contributed by atoms with Gasteiger partial charge in [0.1, 0.15) is 6.29 Å². The minimum atomic E-state index is 0. The lowest BCUT2D eigenvalue weighted by Crippen LogP contribution is -2.40. The number of rotatable bonds is 6. The van der Waals surface area contributed by atoms with Gasteiger partial charge in [0.15, 0.2) is 5.82 Å². The van der Waals surface area contributed by atoms with E-state index in [0.29, 0.717) is 24.9 Å². The molecule has 9 heteroatoms. The Morgan fingerprint density at radius 3 is 2.54 bits per heavy atom.